The van der Waals surface area contributed by atoms with Gasteiger partial charge in [0, 0.05) is 36.8 Å². The van der Waals surface area contributed by atoms with E-state index in [2.05, 4.69) is 0 Å². The third kappa shape index (κ3) is 4.02. The van der Waals surface area contributed by atoms with E-state index in [4.69, 9.17) is 11.6 Å². The predicted octanol–water partition coefficient (Wildman–Crippen LogP) is 3.74. The first-order valence-electron chi connectivity index (χ1n) is 8.47. The lowest BCUT2D eigenvalue weighted by Crippen LogP contribution is -2.37. The molecule has 1 fully saturated rings. The number of carbonyl (C=O) groups excluding carboxylic acids is 2. The number of halogens is 1. The molecule has 2 aromatic rings. The summed E-state index contributed by atoms with van der Waals surface area (Å²) in [7, 11) is 0. The van der Waals surface area contributed by atoms with E-state index in [0.717, 1.165) is 11.3 Å². The Balaban J connectivity index is 1.69. The fraction of sp³-hybridized carbons (Fsp3) is 0.300. The van der Waals surface area contributed by atoms with Crippen LogP contribution in [0.4, 0.5) is 5.69 Å². The number of benzene rings is 2. The van der Waals surface area contributed by atoms with Crippen molar-refractivity contribution in [2.24, 2.45) is 5.92 Å². The summed E-state index contributed by atoms with van der Waals surface area (Å²) in [6, 6.07) is 17.1. The molecule has 0 aliphatic carbocycles. The summed E-state index contributed by atoms with van der Waals surface area (Å²) in [6.07, 6.45) is 0.257. The van der Waals surface area contributed by atoms with Gasteiger partial charge in [0.15, 0.2) is 0 Å². The Labute approximate surface area is 153 Å². The van der Waals surface area contributed by atoms with Gasteiger partial charge in [-0.3, -0.25) is 9.59 Å². The Morgan fingerprint density at radius 3 is 2.48 bits per heavy atom. The van der Waals surface area contributed by atoms with Gasteiger partial charge in [0.2, 0.25) is 11.8 Å². The van der Waals surface area contributed by atoms with Crippen molar-refractivity contribution in [2.45, 2.75) is 19.9 Å². The molecule has 2 aromatic carbocycles. The van der Waals surface area contributed by atoms with Crippen LogP contribution in [-0.2, 0) is 16.1 Å². The molecular formula is C20H21ClN2O2. The quantitative estimate of drug-likeness (QED) is 0.818. The highest BCUT2D eigenvalue weighted by atomic mass is 35.5. The highest BCUT2D eigenvalue weighted by molar-refractivity contribution is 6.30. The molecule has 25 heavy (non-hydrogen) atoms. The average molecular weight is 357 g/mol. The summed E-state index contributed by atoms with van der Waals surface area (Å²) in [5, 5.41) is 0.628. The Morgan fingerprint density at radius 1 is 1.16 bits per heavy atom. The molecule has 1 aliphatic heterocycles. The maximum Gasteiger partial charge on any atom is 0.228 e. The maximum absolute atomic E-state index is 12.9. The van der Waals surface area contributed by atoms with Crippen LogP contribution in [0.5, 0.6) is 0 Å². The molecule has 130 valence electrons. The second kappa shape index (κ2) is 7.70. The Morgan fingerprint density at radius 2 is 1.84 bits per heavy atom. The van der Waals surface area contributed by atoms with Crippen molar-refractivity contribution in [1.29, 1.82) is 0 Å². The van der Waals surface area contributed by atoms with Crippen molar-refractivity contribution in [3.63, 3.8) is 0 Å². The summed E-state index contributed by atoms with van der Waals surface area (Å²) in [4.78, 5) is 28.7. The van der Waals surface area contributed by atoms with Gasteiger partial charge in [0.1, 0.15) is 0 Å². The van der Waals surface area contributed by atoms with Crippen molar-refractivity contribution in [2.75, 3.05) is 18.0 Å². The third-order valence-electron chi connectivity index (χ3n) is 4.52. The van der Waals surface area contributed by atoms with Crippen LogP contribution in [0.3, 0.4) is 0 Å². The van der Waals surface area contributed by atoms with Crippen LogP contribution in [0, 0.1) is 5.92 Å². The monoisotopic (exact) mass is 356 g/mol. The van der Waals surface area contributed by atoms with Crippen LogP contribution in [-0.4, -0.2) is 29.8 Å². The highest BCUT2D eigenvalue weighted by Gasteiger charge is 2.36. The van der Waals surface area contributed by atoms with Crippen LogP contribution in [0.25, 0.3) is 0 Å². The summed E-state index contributed by atoms with van der Waals surface area (Å²) in [5.41, 5.74) is 1.88. The first kappa shape index (κ1) is 17.5. The van der Waals surface area contributed by atoms with Gasteiger partial charge in [-0.1, -0.05) is 41.9 Å². The van der Waals surface area contributed by atoms with E-state index in [1.54, 1.807) is 17.0 Å². The van der Waals surface area contributed by atoms with Crippen LogP contribution < -0.4 is 4.90 Å². The molecule has 5 heteroatoms. The van der Waals surface area contributed by atoms with Crippen LogP contribution >= 0.6 is 11.6 Å². The number of rotatable bonds is 5. The van der Waals surface area contributed by atoms with E-state index in [-0.39, 0.29) is 24.2 Å². The van der Waals surface area contributed by atoms with E-state index in [1.807, 2.05) is 54.3 Å². The Hall–Kier alpha value is -2.33. The van der Waals surface area contributed by atoms with Crippen molar-refractivity contribution in [3.8, 4) is 0 Å². The van der Waals surface area contributed by atoms with Gasteiger partial charge >= 0.3 is 0 Å². The number of carbonyl (C=O) groups is 2. The van der Waals surface area contributed by atoms with Crippen LogP contribution in [0.15, 0.2) is 54.6 Å². The Kier molecular flexibility index (Phi) is 5.39. The smallest absolute Gasteiger partial charge is 0.228 e. The van der Waals surface area contributed by atoms with Crippen molar-refractivity contribution < 1.29 is 9.59 Å². The van der Waals surface area contributed by atoms with Gasteiger partial charge in [-0.25, -0.2) is 0 Å². The Bertz CT molecular complexity index is 746. The first-order chi connectivity index (χ1) is 12.1. The van der Waals surface area contributed by atoms with E-state index in [9.17, 15) is 9.59 Å². The number of hydrogen-bond acceptors (Lipinski definition) is 2. The van der Waals surface area contributed by atoms with E-state index < -0.39 is 0 Å². The molecule has 0 aromatic heterocycles. The molecule has 1 atom stereocenters. The SMILES string of the molecule is CCN(Cc1ccccc1)C(=O)[C@H]1CC(=O)N(c2ccc(Cl)cc2)C1. The average Bonchev–Trinajstić information content (AvgIpc) is 3.02. The number of amides is 2. The molecular weight excluding hydrogens is 336 g/mol. The largest absolute Gasteiger partial charge is 0.338 e. The molecule has 0 unspecified atom stereocenters. The zero-order chi connectivity index (χ0) is 17.8. The van der Waals surface area contributed by atoms with Gasteiger partial charge < -0.3 is 9.80 Å². The van der Waals surface area contributed by atoms with Gasteiger partial charge in [-0.2, -0.15) is 0 Å². The predicted molar refractivity (Wildman–Crippen MR) is 99.4 cm³/mol. The zero-order valence-corrected chi connectivity index (χ0v) is 14.9. The van der Waals surface area contributed by atoms with E-state index >= 15 is 0 Å². The molecule has 4 nitrogen and oxygen atoms in total. The molecule has 0 bridgehead atoms. The van der Waals surface area contributed by atoms with Crippen LogP contribution in [0.1, 0.15) is 18.9 Å². The molecule has 0 saturated carbocycles. The van der Waals surface area contributed by atoms with Crippen molar-refractivity contribution >= 4 is 29.1 Å². The summed E-state index contributed by atoms with van der Waals surface area (Å²) >= 11 is 5.91. The summed E-state index contributed by atoms with van der Waals surface area (Å²) in [5.74, 6) is -0.278. The number of nitrogens with zero attached hydrogens (tertiary/aromatic N) is 2. The molecule has 2 amide bonds. The summed E-state index contributed by atoms with van der Waals surface area (Å²) in [6.45, 7) is 3.58. The standard InChI is InChI=1S/C20H21ClN2O2/c1-2-22(13-15-6-4-3-5-7-15)20(25)16-12-19(24)23(14-16)18-10-8-17(21)9-11-18/h3-11,16H,2,12-14H2,1H3/t16-/m0/s1. The molecule has 1 heterocycles. The minimum atomic E-state index is -0.299. The lowest BCUT2D eigenvalue weighted by molar-refractivity contribution is -0.136. The van der Waals surface area contributed by atoms with Gasteiger partial charge in [0.25, 0.3) is 0 Å². The maximum atomic E-state index is 12.9. The van der Waals surface area contributed by atoms with E-state index in [0.29, 0.717) is 24.7 Å². The second-order valence-electron chi connectivity index (χ2n) is 6.22. The topological polar surface area (TPSA) is 40.6 Å². The molecule has 1 aliphatic rings. The molecule has 1 saturated heterocycles. The number of hydrogen-bond donors (Lipinski definition) is 0. The number of anilines is 1. The highest BCUT2D eigenvalue weighted by Crippen LogP contribution is 2.27. The fourth-order valence-electron chi connectivity index (χ4n) is 3.15. The second-order valence-corrected chi connectivity index (χ2v) is 6.66. The molecule has 3 rings (SSSR count). The lowest BCUT2D eigenvalue weighted by Gasteiger charge is -2.24. The first-order valence-corrected chi connectivity index (χ1v) is 8.85. The fourth-order valence-corrected chi connectivity index (χ4v) is 3.28. The zero-order valence-electron chi connectivity index (χ0n) is 14.2. The summed E-state index contributed by atoms with van der Waals surface area (Å²) < 4.78 is 0. The normalized spacial score (nSPS) is 17.0. The van der Waals surface area contributed by atoms with Gasteiger partial charge in [-0.15, -0.1) is 0 Å². The van der Waals surface area contributed by atoms with Crippen molar-refractivity contribution in [3.05, 3.63) is 65.2 Å². The third-order valence-corrected chi connectivity index (χ3v) is 4.77. The van der Waals surface area contributed by atoms with E-state index in [1.165, 1.54) is 0 Å². The lowest BCUT2D eigenvalue weighted by atomic mass is 10.1. The van der Waals surface area contributed by atoms with Crippen LogP contribution in [0.2, 0.25) is 5.02 Å². The molecule has 0 N–H and O–H groups in total. The van der Waals surface area contributed by atoms with Gasteiger partial charge in [0.05, 0.1) is 5.92 Å². The van der Waals surface area contributed by atoms with Crippen molar-refractivity contribution in [1.82, 2.24) is 4.90 Å². The van der Waals surface area contributed by atoms with Gasteiger partial charge in [-0.05, 0) is 36.8 Å². The molecule has 0 spiro atoms. The minimum absolute atomic E-state index is 0.0172. The molecule has 0 radical (unpaired) electrons. The minimum Gasteiger partial charge on any atom is -0.338 e.